The highest BCUT2D eigenvalue weighted by atomic mass is 79.9. The van der Waals surface area contributed by atoms with Crippen LogP contribution in [0, 0.1) is 17.2 Å². The molecular formula is C17H25BrFN. The lowest BCUT2D eigenvalue weighted by atomic mass is 9.64. The van der Waals surface area contributed by atoms with Gasteiger partial charge >= 0.3 is 0 Å². The van der Waals surface area contributed by atoms with Crippen molar-refractivity contribution in [3.8, 4) is 0 Å². The molecule has 20 heavy (non-hydrogen) atoms. The Hall–Kier alpha value is -0.410. The quantitative estimate of drug-likeness (QED) is 0.767. The molecule has 2 rings (SSSR count). The second kappa shape index (κ2) is 6.57. The van der Waals surface area contributed by atoms with E-state index >= 15 is 0 Å². The first kappa shape index (κ1) is 16.0. The molecule has 1 aliphatic rings. The number of hydrogen-bond acceptors (Lipinski definition) is 1. The van der Waals surface area contributed by atoms with E-state index in [0.29, 0.717) is 10.4 Å². The van der Waals surface area contributed by atoms with Crippen LogP contribution in [0.2, 0.25) is 0 Å². The lowest BCUT2D eigenvalue weighted by Crippen LogP contribution is -2.39. The van der Waals surface area contributed by atoms with Crippen molar-refractivity contribution in [2.24, 2.45) is 11.3 Å². The standard InChI is InChI=1S/C17H25BrFN/c1-4-20-16(12-8-7-10-14(18)15(12)19)13-9-5-6-11-17(13,2)3/h7-8,10,13,16,20H,4-6,9,11H2,1-3H3. The van der Waals surface area contributed by atoms with Gasteiger partial charge in [-0.05, 0) is 52.7 Å². The minimum atomic E-state index is -0.111. The van der Waals surface area contributed by atoms with Crippen molar-refractivity contribution in [2.75, 3.05) is 6.54 Å². The third-order valence-corrected chi connectivity index (χ3v) is 5.35. The van der Waals surface area contributed by atoms with Crippen LogP contribution in [0.1, 0.15) is 58.1 Å². The van der Waals surface area contributed by atoms with E-state index in [1.165, 1.54) is 25.7 Å². The van der Waals surface area contributed by atoms with Crippen molar-refractivity contribution in [2.45, 2.75) is 52.5 Å². The average molecular weight is 342 g/mol. The average Bonchev–Trinajstić information content (AvgIpc) is 2.40. The van der Waals surface area contributed by atoms with Crippen LogP contribution in [0.25, 0.3) is 0 Å². The van der Waals surface area contributed by atoms with E-state index in [1.54, 1.807) is 6.07 Å². The summed E-state index contributed by atoms with van der Waals surface area (Å²) in [4.78, 5) is 0. The van der Waals surface area contributed by atoms with Gasteiger partial charge in [0.05, 0.1) is 4.47 Å². The molecule has 0 bridgehead atoms. The van der Waals surface area contributed by atoms with Gasteiger partial charge in [0, 0.05) is 11.6 Å². The zero-order valence-corrected chi connectivity index (χ0v) is 14.3. The van der Waals surface area contributed by atoms with E-state index in [-0.39, 0.29) is 17.3 Å². The molecule has 1 fully saturated rings. The molecule has 0 amide bonds. The smallest absolute Gasteiger partial charge is 0.142 e. The van der Waals surface area contributed by atoms with Crippen molar-refractivity contribution in [3.63, 3.8) is 0 Å². The maximum absolute atomic E-state index is 14.5. The highest BCUT2D eigenvalue weighted by Gasteiger charge is 2.38. The number of hydrogen-bond donors (Lipinski definition) is 1. The van der Waals surface area contributed by atoms with Gasteiger partial charge in [-0.3, -0.25) is 0 Å². The van der Waals surface area contributed by atoms with Gasteiger partial charge < -0.3 is 5.32 Å². The summed E-state index contributed by atoms with van der Waals surface area (Å²) in [6, 6.07) is 5.74. The zero-order chi connectivity index (χ0) is 14.8. The monoisotopic (exact) mass is 341 g/mol. The summed E-state index contributed by atoms with van der Waals surface area (Å²) < 4.78 is 15.1. The molecule has 0 heterocycles. The van der Waals surface area contributed by atoms with E-state index in [0.717, 1.165) is 12.1 Å². The Morgan fingerprint density at radius 2 is 2.15 bits per heavy atom. The Balaban J connectivity index is 2.37. The van der Waals surface area contributed by atoms with Crippen LogP contribution < -0.4 is 5.32 Å². The first-order valence-corrected chi connectivity index (χ1v) is 8.44. The van der Waals surface area contributed by atoms with Crippen LogP contribution in [-0.2, 0) is 0 Å². The van der Waals surface area contributed by atoms with Crippen molar-refractivity contribution >= 4 is 15.9 Å². The van der Waals surface area contributed by atoms with Crippen LogP contribution in [0.15, 0.2) is 22.7 Å². The Kier molecular flexibility index (Phi) is 5.25. The molecule has 0 spiro atoms. The second-order valence-corrected chi connectivity index (χ2v) is 7.37. The van der Waals surface area contributed by atoms with Gasteiger partial charge in [0.2, 0.25) is 0 Å². The van der Waals surface area contributed by atoms with Crippen molar-refractivity contribution in [1.82, 2.24) is 5.32 Å². The molecule has 0 aliphatic heterocycles. The molecule has 0 aromatic heterocycles. The zero-order valence-electron chi connectivity index (χ0n) is 12.7. The van der Waals surface area contributed by atoms with Gasteiger partial charge in [-0.25, -0.2) is 4.39 Å². The minimum Gasteiger partial charge on any atom is -0.310 e. The summed E-state index contributed by atoms with van der Waals surface area (Å²) in [5, 5.41) is 3.53. The van der Waals surface area contributed by atoms with Crippen molar-refractivity contribution < 1.29 is 4.39 Å². The maximum Gasteiger partial charge on any atom is 0.142 e. The number of nitrogens with one attached hydrogen (secondary N) is 1. The molecule has 3 heteroatoms. The van der Waals surface area contributed by atoms with Gasteiger partial charge in [0.1, 0.15) is 5.82 Å². The van der Waals surface area contributed by atoms with E-state index in [9.17, 15) is 4.39 Å². The van der Waals surface area contributed by atoms with Crippen LogP contribution in [0.5, 0.6) is 0 Å². The summed E-state index contributed by atoms with van der Waals surface area (Å²) in [5.41, 5.74) is 1.07. The molecule has 112 valence electrons. The minimum absolute atomic E-state index is 0.104. The van der Waals surface area contributed by atoms with Crippen LogP contribution in [-0.4, -0.2) is 6.54 Å². The van der Waals surface area contributed by atoms with Crippen molar-refractivity contribution in [3.05, 3.63) is 34.1 Å². The predicted octanol–water partition coefficient (Wildman–Crippen LogP) is 5.46. The third kappa shape index (κ3) is 3.25. The SMILES string of the molecule is CCNC(c1cccc(Br)c1F)C1CCCCC1(C)C. The third-order valence-electron chi connectivity index (χ3n) is 4.73. The molecule has 1 aromatic carbocycles. The van der Waals surface area contributed by atoms with Crippen LogP contribution in [0.3, 0.4) is 0 Å². The Morgan fingerprint density at radius 3 is 2.80 bits per heavy atom. The van der Waals surface area contributed by atoms with Crippen LogP contribution in [0.4, 0.5) is 4.39 Å². The Morgan fingerprint density at radius 1 is 1.40 bits per heavy atom. The molecule has 1 aromatic rings. The fourth-order valence-corrected chi connectivity index (χ4v) is 3.97. The van der Waals surface area contributed by atoms with Gasteiger partial charge in [-0.15, -0.1) is 0 Å². The van der Waals surface area contributed by atoms with Crippen molar-refractivity contribution in [1.29, 1.82) is 0 Å². The van der Waals surface area contributed by atoms with Gasteiger partial charge in [0.25, 0.3) is 0 Å². The number of rotatable bonds is 4. The molecule has 1 N–H and O–H groups in total. The Bertz CT molecular complexity index is 458. The van der Waals surface area contributed by atoms with Gasteiger partial charge in [-0.2, -0.15) is 0 Å². The van der Waals surface area contributed by atoms with E-state index < -0.39 is 0 Å². The maximum atomic E-state index is 14.5. The molecule has 1 nitrogen and oxygen atoms in total. The molecular weight excluding hydrogens is 317 g/mol. The summed E-state index contributed by atoms with van der Waals surface area (Å²) in [6.45, 7) is 7.62. The summed E-state index contributed by atoms with van der Waals surface area (Å²) >= 11 is 3.32. The van der Waals surface area contributed by atoms with E-state index in [4.69, 9.17) is 0 Å². The second-order valence-electron chi connectivity index (χ2n) is 6.52. The Labute approximate surface area is 130 Å². The van der Waals surface area contributed by atoms with Gasteiger partial charge in [-0.1, -0.05) is 45.7 Å². The molecule has 1 aliphatic carbocycles. The topological polar surface area (TPSA) is 12.0 Å². The molecule has 0 saturated heterocycles. The van der Waals surface area contributed by atoms with Gasteiger partial charge in [0.15, 0.2) is 0 Å². The molecule has 1 saturated carbocycles. The van der Waals surface area contributed by atoms with Crippen LogP contribution >= 0.6 is 15.9 Å². The van der Waals surface area contributed by atoms with E-state index in [2.05, 4.69) is 42.0 Å². The highest BCUT2D eigenvalue weighted by molar-refractivity contribution is 9.10. The lowest BCUT2D eigenvalue weighted by Gasteiger charge is -2.43. The molecule has 0 radical (unpaired) electrons. The first-order chi connectivity index (χ1) is 9.47. The fraction of sp³-hybridized carbons (Fsp3) is 0.647. The highest BCUT2D eigenvalue weighted by Crippen LogP contribution is 2.47. The summed E-state index contributed by atoms with van der Waals surface area (Å²) in [5.74, 6) is 0.375. The molecule has 2 unspecified atom stereocenters. The fourth-order valence-electron chi connectivity index (χ4n) is 3.59. The number of halogens is 2. The van der Waals surface area contributed by atoms with E-state index in [1.807, 2.05) is 12.1 Å². The summed E-state index contributed by atoms with van der Waals surface area (Å²) in [7, 11) is 0. The number of benzene rings is 1. The lowest BCUT2D eigenvalue weighted by molar-refractivity contribution is 0.0974. The normalized spacial score (nSPS) is 23.6. The first-order valence-electron chi connectivity index (χ1n) is 7.64. The largest absolute Gasteiger partial charge is 0.310 e. The predicted molar refractivity (Wildman–Crippen MR) is 86.3 cm³/mol. The summed E-state index contributed by atoms with van der Waals surface area (Å²) in [6.07, 6.45) is 4.96. The molecule has 2 atom stereocenters.